The van der Waals surface area contributed by atoms with E-state index in [9.17, 15) is 9.90 Å². The van der Waals surface area contributed by atoms with Gasteiger partial charge in [-0.05, 0) is 44.0 Å². The van der Waals surface area contributed by atoms with Crippen molar-refractivity contribution in [3.63, 3.8) is 0 Å². The molecular formula is C21H26ClN3O3. The fourth-order valence-corrected chi connectivity index (χ4v) is 4.73. The molecule has 0 bridgehead atoms. The summed E-state index contributed by atoms with van der Waals surface area (Å²) in [7, 11) is 0. The molecule has 4 rings (SSSR count). The van der Waals surface area contributed by atoms with Gasteiger partial charge in [0.05, 0.1) is 29.4 Å². The zero-order valence-electron chi connectivity index (χ0n) is 16.2. The van der Waals surface area contributed by atoms with E-state index in [0.29, 0.717) is 18.1 Å². The number of anilines is 1. The second kappa shape index (κ2) is 7.17. The van der Waals surface area contributed by atoms with Crippen molar-refractivity contribution in [2.75, 3.05) is 24.6 Å². The Morgan fingerprint density at radius 3 is 2.79 bits per heavy atom. The topological polar surface area (TPSA) is 74.7 Å². The summed E-state index contributed by atoms with van der Waals surface area (Å²) in [5.41, 5.74) is 0.711. The number of hydrogen-bond donors (Lipinski definition) is 2. The van der Waals surface area contributed by atoms with Crippen molar-refractivity contribution < 1.29 is 14.6 Å². The number of piperidine rings is 1. The highest BCUT2D eigenvalue weighted by Gasteiger charge is 2.49. The van der Waals surface area contributed by atoms with Crippen LogP contribution in [0.5, 0.6) is 0 Å². The number of ether oxygens (including phenoxy) is 1. The maximum absolute atomic E-state index is 11.4. The van der Waals surface area contributed by atoms with Gasteiger partial charge in [-0.3, -0.25) is 9.78 Å². The lowest BCUT2D eigenvalue weighted by Gasteiger charge is -2.51. The minimum atomic E-state index is -0.980. The fraction of sp³-hybridized carbons (Fsp3) is 0.524. The summed E-state index contributed by atoms with van der Waals surface area (Å²) in [5, 5.41) is 15.5. The van der Waals surface area contributed by atoms with Crippen LogP contribution in [0, 0.1) is 0 Å². The molecule has 28 heavy (non-hydrogen) atoms. The fourth-order valence-electron chi connectivity index (χ4n) is 4.57. The quantitative estimate of drug-likeness (QED) is 0.806. The average Bonchev–Trinajstić information content (AvgIpc) is 2.63. The number of nitrogens with one attached hydrogen (secondary N) is 1. The first-order valence-electron chi connectivity index (χ1n) is 9.71. The van der Waals surface area contributed by atoms with Crippen LogP contribution in [0.3, 0.4) is 0 Å². The molecule has 2 fully saturated rings. The van der Waals surface area contributed by atoms with Crippen LogP contribution in [0.25, 0.3) is 10.9 Å². The number of carbonyl (C=O) groups excluding carboxylic acids is 1. The highest BCUT2D eigenvalue weighted by molar-refractivity contribution is 6.31. The van der Waals surface area contributed by atoms with Crippen LogP contribution in [-0.2, 0) is 9.53 Å². The third-order valence-corrected chi connectivity index (χ3v) is 6.30. The van der Waals surface area contributed by atoms with Gasteiger partial charge in [0.15, 0.2) is 0 Å². The molecule has 2 saturated heterocycles. The molecule has 2 N–H and O–H groups in total. The Hall–Kier alpha value is -1.89. The number of benzene rings is 1. The van der Waals surface area contributed by atoms with Gasteiger partial charge in [-0.1, -0.05) is 11.6 Å². The van der Waals surface area contributed by atoms with E-state index >= 15 is 0 Å². The number of halogens is 1. The van der Waals surface area contributed by atoms with Crippen molar-refractivity contribution in [3.8, 4) is 0 Å². The number of aliphatic hydroxyl groups is 1. The Labute approximate surface area is 169 Å². The minimum Gasteiger partial charge on any atom is -0.388 e. The molecule has 6 nitrogen and oxygen atoms in total. The number of nitrogens with zero attached hydrogens (tertiary/aromatic N) is 2. The Morgan fingerprint density at radius 1 is 1.36 bits per heavy atom. The minimum absolute atomic E-state index is 0.149. The predicted molar refractivity (Wildman–Crippen MR) is 110 cm³/mol. The molecular weight excluding hydrogens is 378 g/mol. The van der Waals surface area contributed by atoms with Crippen molar-refractivity contribution >= 4 is 34.1 Å². The Bertz CT molecular complexity index is 894. The summed E-state index contributed by atoms with van der Waals surface area (Å²) in [5.74, 6) is -0.149. The highest BCUT2D eigenvalue weighted by Crippen LogP contribution is 2.41. The number of aromatic nitrogens is 1. The van der Waals surface area contributed by atoms with E-state index in [2.05, 4.69) is 15.2 Å². The van der Waals surface area contributed by atoms with Crippen LogP contribution >= 0.6 is 11.6 Å². The molecule has 2 aliphatic rings. The van der Waals surface area contributed by atoms with Crippen LogP contribution < -0.4 is 10.2 Å². The molecule has 0 unspecified atom stereocenters. The van der Waals surface area contributed by atoms with E-state index in [0.717, 1.165) is 42.5 Å². The normalized spacial score (nSPS) is 27.1. The van der Waals surface area contributed by atoms with Crippen molar-refractivity contribution in [2.45, 2.75) is 50.4 Å². The third-order valence-electron chi connectivity index (χ3n) is 6.06. The number of pyridine rings is 1. The number of carbonyl (C=O) groups is 1. The monoisotopic (exact) mass is 403 g/mol. The molecule has 0 aliphatic carbocycles. The highest BCUT2D eigenvalue weighted by atomic mass is 35.5. The molecule has 0 radical (unpaired) electrons. The zero-order chi connectivity index (χ0) is 19.9. The standard InChI is InChI=1S/C21H26ClN3O3/c1-14(26)24-19-12-28-21(13-20(19,2)27)6-9-25(10-7-21)18-5-8-23-17-11-15(22)3-4-16(17)18/h3-5,8,11,19,27H,6-7,9-10,12-13H2,1-2H3,(H,24,26)/t19-,20-/m0/s1. The molecule has 7 heteroatoms. The van der Waals surface area contributed by atoms with Gasteiger partial charge in [-0.15, -0.1) is 0 Å². The number of rotatable bonds is 2. The lowest BCUT2D eigenvalue weighted by molar-refractivity contribution is -0.180. The lowest BCUT2D eigenvalue weighted by Crippen LogP contribution is -2.63. The Balaban J connectivity index is 1.49. The molecule has 150 valence electrons. The van der Waals surface area contributed by atoms with Gasteiger partial charge in [-0.2, -0.15) is 0 Å². The van der Waals surface area contributed by atoms with Crippen LogP contribution in [0.4, 0.5) is 5.69 Å². The smallest absolute Gasteiger partial charge is 0.217 e. The molecule has 2 atom stereocenters. The maximum Gasteiger partial charge on any atom is 0.217 e. The van der Waals surface area contributed by atoms with E-state index in [4.69, 9.17) is 16.3 Å². The molecule has 1 aromatic heterocycles. The van der Waals surface area contributed by atoms with Gasteiger partial charge in [0.2, 0.25) is 5.91 Å². The van der Waals surface area contributed by atoms with Gasteiger partial charge in [0.1, 0.15) is 0 Å². The second-order valence-corrected chi connectivity index (χ2v) is 8.70. The summed E-state index contributed by atoms with van der Waals surface area (Å²) in [6, 6.07) is 7.46. The summed E-state index contributed by atoms with van der Waals surface area (Å²) >= 11 is 6.10. The van der Waals surface area contributed by atoms with E-state index in [1.807, 2.05) is 30.5 Å². The van der Waals surface area contributed by atoms with Gasteiger partial charge in [0.25, 0.3) is 0 Å². The summed E-state index contributed by atoms with van der Waals surface area (Å²) in [6.45, 7) is 5.27. The van der Waals surface area contributed by atoms with Gasteiger partial charge in [0, 0.05) is 48.7 Å². The van der Waals surface area contributed by atoms with Gasteiger partial charge < -0.3 is 20.1 Å². The first-order chi connectivity index (χ1) is 13.3. The average molecular weight is 404 g/mol. The first-order valence-corrected chi connectivity index (χ1v) is 10.1. The van der Waals surface area contributed by atoms with E-state index in [1.165, 1.54) is 6.92 Å². The Kier molecular flexibility index (Phi) is 4.98. The van der Waals surface area contributed by atoms with Gasteiger partial charge in [-0.25, -0.2) is 0 Å². The summed E-state index contributed by atoms with van der Waals surface area (Å²) < 4.78 is 6.21. The van der Waals surface area contributed by atoms with Gasteiger partial charge >= 0.3 is 0 Å². The molecule has 1 amide bonds. The van der Waals surface area contributed by atoms with Crippen LogP contribution in [0.15, 0.2) is 30.5 Å². The molecule has 1 spiro atoms. The first kappa shape index (κ1) is 19.4. The molecule has 2 aromatic rings. The van der Waals surface area contributed by atoms with Crippen molar-refractivity contribution in [2.24, 2.45) is 0 Å². The molecule has 2 aliphatic heterocycles. The Morgan fingerprint density at radius 2 is 2.11 bits per heavy atom. The second-order valence-electron chi connectivity index (χ2n) is 8.26. The molecule has 1 aromatic carbocycles. The zero-order valence-corrected chi connectivity index (χ0v) is 17.0. The molecule has 0 saturated carbocycles. The van der Waals surface area contributed by atoms with Crippen molar-refractivity contribution in [1.82, 2.24) is 10.3 Å². The predicted octanol–water partition coefficient (Wildman–Crippen LogP) is 2.90. The summed E-state index contributed by atoms with van der Waals surface area (Å²) in [6.07, 6.45) is 3.99. The van der Waals surface area contributed by atoms with Crippen LogP contribution in [0.2, 0.25) is 5.02 Å². The largest absolute Gasteiger partial charge is 0.388 e. The van der Waals surface area contributed by atoms with E-state index in [-0.39, 0.29) is 17.6 Å². The number of hydrogen-bond acceptors (Lipinski definition) is 5. The summed E-state index contributed by atoms with van der Waals surface area (Å²) in [4.78, 5) is 18.2. The third kappa shape index (κ3) is 3.69. The number of fused-ring (bicyclic) bond motifs is 1. The number of amides is 1. The van der Waals surface area contributed by atoms with E-state index < -0.39 is 5.60 Å². The van der Waals surface area contributed by atoms with E-state index in [1.54, 1.807) is 6.92 Å². The van der Waals surface area contributed by atoms with Crippen molar-refractivity contribution in [1.29, 1.82) is 0 Å². The van der Waals surface area contributed by atoms with Crippen LogP contribution in [-0.4, -0.2) is 52.9 Å². The SMILES string of the molecule is CC(=O)N[C@H]1COC2(CCN(c3ccnc4cc(Cl)ccc34)CC2)C[C@]1(C)O. The van der Waals surface area contributed by atoms with Crippen LogP contribution in [0.1, 0.15) is 33.1 Å². The van der Waals surface area contributed by atoms with Crippen molar-refractivity contribution in [3.05, 3.63) is 35.5 Å². The lowest BCUT2D eigenvalue weighted by atomic mass is 9.75. The maximum atomic E-state index is 11.4. The molecule has 3 heterocycles.